The highest BCUT2D eigenvalue weighted by atomic mass is 79.9. The number of hydrogen-bond donors (Lipinski definition) is 1. The Morgan fingerprint density at radius 1 is 1.20 bits per heavy atom. The van der Waals surface area contributed by atoms with Gasteiger partial charge in [0.2, 0.25) is 0 Å². The highest BCUT2D eigenvalue weighted by Crippen LogP contribution is 2.23. The van der Waals surface area contributed by atoms with E-state index in [4.69, 9.17) is 9.15 Å². The number of anilines is 1. The number of methoxy groups -OCH3 is 1. The number of carbonyl (C=O) groups excluding carboxylic acids is 1. The molecule has 0 aliphatic heterocycles. The fraction of sp³-hybridized carbons (Fsp3) is 0.158. The van der Waals surface area contributed by atoms with E-state index >= 15 is 0 Å². The molecule has 1 N–H and O–H groups in total. The lowest BCUT2D eigenvalue weighted by Crippen LogP contribution is -2.08. The smallest absolute Gasteiger partial charge is 0.337 e. The standard InChI is InChI=1S/C19H16BrNO4/c1-11-3-4-12(19(23)24-2)7-16(11)21-10-13-8-18(22)25-17-9-14(20)5-6-15(13)17/h3-9,21H,10H2,1-2H3. The Morgan fingerprint density at radius 3 is 2.76 bits per heavy atom. The summed E-state index contributed by atoms with van der Waals surface area (Å²) in [5.41, 5.74) is 3.21. The van der Waals surface area contributed by atoms with Crippen LogP contribution in [0.1, 0.15) is 21.5 Å². The number of fused-ring (bicyclic) bond motifs is 1. The zero-order chi connectivity index (χ0) is 18.0. The van der Waals surface area contributed by atoms with Crippen molar-refractivity contribution in [2.45, 2.75) is 13.5 Å². The molecule has 5 nitrogen and oxygen atoms in total. The molecule has 1 aromatic heterocycles. The molecule has 0 fully saturated rings. The molecule has 0 amide bonds. The minimum atomic E-state index is -0.401. The number of ether oxygens (including phenoxy) is 1. The average Bonchev–Trinajstić information content (AvgIpc) is 2.59. The Hall–Kier alpha value is -2.60. The molecule has 0 radical (unpaired) electrons. The van der Waals surface area contributed by atoms with Crippen molar-refractivity contribution < 1.29 is 13.9 Å². The van der Waals surface area contributed by atoms with E-state index < -0.39 is 11.6 Å². The minimum absolute atomic E-state index is 0.390. The highest BCUT2D eigenvalue weighted by molar-refractivity contribution is 9.10. The van der Waals surface area contributed by atoms with Crippen LogP contribution in [-0.2, 0) is 11.3 Å². The maximum absolute atomic E-state index is 11.8. The second-order valence-corrected chi connectivity index (χ2v) is 6.52. The van der Waals surface area contributed by atoms with Gasteiger partial charge in [-0.05, 0) is 48.4 Å². The Bertz CT molecular complexity index is 1010. The number of halogens is 1. The quantitative estimate of drug-likeness (QED) is 0.522. The fourth-order valence-electron chi connectivity index (χ4n) is 2.60. The minimum Gasteiger partial charge on any atom is -0.465 e. The Morgan fingerprint density at radius 2 is 2.00 bits per heavy atom. The van der Waals surface area contributed by atoms with Crippen molar-refractivity contribution in [3.63, 3.8) is 0 Å². The lowest BCUT2D eigenvalue weighted by Gasteiger charge is -2.12. The SMILES string of the molecule is COC(=O)c1ccc(C)c(NCc2cc(=O)oc3cc(Br)ccc23)c1. The molecule has 0 spiro atoms. The fourth-order valence-corrected chi connectivity index (χ4v) is 2.94. The van der Waals surface area contributed by atoms with Gasteiger partial charge in [0.15, 0.2) is 0 Å². The molecule has 1 heterocycles. The van der Waals surface area contributed by atoms with Gasteiger partial charge in [-0.15, -0.1) is 0 Å². The van der Waals surface area contributed by atoms with Crippen LogP contribution in [0.5, 0.6) is 0 Å². The number of benzene rings is 2. The van der Waals surface area contributed by atoms with E-state index in [-0.39, 0.29) is 0 Å². The van der Waals surface area contributed by atoms with Crippen molar-refractivity contribution in [1.29, 1.82) is 0 Å². The molecule has 0 bridgehead atoms. The molecule has 0 saturated carbocycles. The number of carbonyl (C=O) groups is 1. The molecule has 2 aromatic carbocycles. The summed E-state index contributed by atoms with van der Waals surface area (Å²) in [5.74, 6) is -0.390. The summed E-state index contributed by atoms with van der Waals surface area (Å²) in [6, 6.07) is 12.4. The predicted molar refractivity (Wildman–Crippen MR) is 100 cm³/mol. The lowest BCUT2D eigenvalue weighted by molar-refractivity contribution is 0.0601. The lowest BCUT2D eigenvalue weighted by atomic mass is 10.1. The van der Waals surface area contributed by atoms with Gasteiger partial charge < -0.3 is 14.5 Å². The highest BCUT2D eigenvalue weighted by Gasteiger charge is 2.10. The first-order valence-electron chi connectivity index (χ1n) is 7.63. The van der Waals surface area contributed by atoms with E-state index in [1.165, 1.54) is 13.2 Å². The van der Waals surface area contributed by atoms with Crippen LogP contribution in [0, 0.1) is 6.92 Å². The van der Waals surface area contributed by atoms with Crippen molar-refractivity contribution in [2.75, 3.05) is 12.4 Å². The number of aryl methyl sites for hydroxylation is 1. The van der Waals surface area contributed by atoms with Crippen molar-refractivity contribution in [2.24, 2.45) is 0 Å². The Labute approximate surface area is 152 Å². The summed E-state index contributed by atoms with van der Waals surface area (Å²) in [5, 5.41) is 4.14. The van der Waals surface area contributed by atoms with Gasteiger partial charge in [0.1, 0.15) is 5.58 Å². The van der Waals surface area contributed by atoms with E-state index in [0.717, 1.165) is 26.7 Å². The summed E-state index contributed by atoms with van der Waals surface area (Å²) >= 11 is 3.37. The van der Waals surface area contributed by atoms with Gasteiger partial charge in [-0.1, -0.05) is 22.0 Å². The van der Waals surface area contributed by atoms with E-state index in [9.17, 15) is 9.59 Å². The summed E-state index contributed by atoms with van der Waals surface area (Å²) in [6.45, 7) is 2.37. The maximum atomic E-state index is 11.8. The molecule has 128 valence electrons. The molecule has 3 rings (SSSR count). The Balaban J connectivity index is 1.93. The molecular formula is C19H16BrNO4. The molecule has 0 unspecified atom stereocenters. The van der Waals surface area contributed by atoms with Gasteiger partial charge in [-0.25, -0.2) is 9.59 Å². The second-order valence-electron chi connectivity index (χ2n) is 5.61. The molecule has 0 aliphatic carbocycles. The average molecular weight is 402 g/mol. The summed E-state index contributed by atoms with van der Waals surface area (Å²) in [4.78, 5) is 23.5. The third kappa shape index (κ3) is 3.74. The number of hydrogen-bond acceptors (Lipinski definition) is 5. The predicted octanol–water partition coefficient (Wildman–Crippen LogP) is 4.26. The van der Waals surface area contributed by atoms with Crippen molar-refractivity contribution in [3.05, 3.63) is 74.0 Å². The molecule has 25 heavy (non-hydrogen) atoms. The van der Waals surface area contributed by atoms with Crippen LogP contribution in [0.25, 0.3) is 11.0 Å². The van der Waals surface area contributed by atoms with E-state index in [2.05, 4.69) is 21.2 Å². The maximum Gasteiger partial charge on any atom is 0.337 e. The largest absolute Gasteiger partial charge is 0.465 e. The number of esters is 1. The van der Waals surface area contributed by atoms with Gasteiger partial charge in [-0.2, -0.15) is 0 Å². The van der Waals surface area contributed by atoms with Crippen molar-refractivity contribution >= 4 is 38.6 Å². The Kier molecular flexibility index (Phi) is 4.90. The van der Waals surface area contributed by atoms with Gasteiger partial charge in [0.05, 0.1) is 12.7 Å². The van der Waals surface area contributed by atoms with Gasteiger partial charge in [-0.3, -0.25) is 0 Å². The zero-order valence-electron chi connectivity index (χ0n) is 13.8. The van der Waals surface area contributed by atoms with E-state index in [0.29, 0.717) is 17.7 Å². The molecule has 0 saturated heterocycles. The molecule has 0 atom stereocenters. The summed E-state index contributed by atoms with van der Waals surface area (Å²) < 4.78 is 10.8. The normalized spacial score (nSPS) is 10.7. The first-order chi connectivity index (χ1) is 12.0. The third-order valence-electron chi connectivity index (χ3n) is 3.92. The number of rotatable bonds is 4. The van der Waals surface area contributed by atoms with Crippen LogP contribution in [0.2, 0.25) is 0 Å². The van der Waals surface area contributed by atoms with Crippen molar-refractivity contribution in [1.82, 2.24) is 0 Å². The van der Waals surface area contributed by atoms with E-state index in [1.54, 1.807) is 18.2 Å². The molecule has 6 heteroatoms. The molecular weight excluding hydrogens is 386 g/mol. The van der Waals surface area contributed by atoms with Crippen LogP contribution in [0.15, 0.2) is 56.1 Å². The van der Waals surface area contributed by atoms with Crippen LogP contribution >= 0.6 is 15.9 Å². The summed E-state index contributed by atoms with van der Waals surface area (Å²) in [7, 11) is 1.35. The van der Waals surface area contributed by atoms with Crippen LogP contribution < -0.4 is 10.9 Å². The third-order valence-corrected chi connectivity index (χ3v) is 4.41. The van der Waals surface area contributed by atoms with Crippen LogP contribution in [0.3, 0.4) is 0 Å². The molecule has 3 aromatic rings. The first-order valence-corrected chi connectivity index (χ1v) is 8.42. The van der Waals surface area contributed by atoms with Crippen LogP contribution in [-0.4, -0.2) is 13.1 Å². The van der Waals surface area contributed by atoms with E-state index in [1.807, 2.05) is 25.1 Å². The topological polar surface area (TPSA) is 68.5 Å². The van der Waals surface area contributed by atoms with Crippen molar-refractivity contribution in [3.8, 4) is 0 Å². The van der Waals surface area contributed by atoms with Gasteiger partial charge in [0.25, 0.3) is 0 Å². The van der Waals surface area contributed by atoms with Crippen LogP contribution in [0.4, 0.5) is 5.69 Å². The summed E-state index contributed by atoms with van der Waals surface area (Å²) in [6.07, 6.45) is 0. The monoisotopic (exact) mass is 401 g/mol. The number of nitrogens with one attached hydrogen (secondary N) is 1. The first kappa shape index (κ1) is 17.2. The van der Waals surface area contributed by atoms with Gasteiger partial charge in [0, 0.05) is 28.2 Å². The zero-order valence-corrected chi connectivity index (χ0v) is 15.3. The van der Waals surface area contributed by atoms with Gasteiger partial charge >= 0.3 is 11.6 Å². The molecule has 0 aliphatic rings. The second kappa shape index (κ2) is 7.11.